The Bertz CT molecular complexity index is 695. The van der Waals surface area contributed by atoms with Crippen molar-refractivity contribution in [1.82, 2.24) is 4.98 Å². The summed E-state index contributed by atoms with van der Waals surface area (Å²) in [6.45, 7) is 0.542. The van der Waals surface area contributed by atoms with Crippen LogP contribution >= 0.6 is 0 Å². The molecule has 1 atom stereocenters. The van der Waals surface area contributed by atoms with E-state index in [0.29, 0.717) is 6.54 Å². The second-order valence-corrected chi connectivity index (χ2v) is 4.75. The van der Waals surface area contributed by atoms with Crippen LogP contribution in [0.5, 0.6) is 0 Å². The van der Waals surface area contributed by atoms with Crippen LogP contribution in [-0.4, -0.2) is 11.5 Å². The lowest BCUT2D eigenvalue weighted by Gasteiger charge is -2.19. The first kappa shape index (κ1) is 12.6. The molecule has 2 aromatic carbocycles. The van der Waals surface area contributed by atoms with Crippen LogP contribution in [-0.2, 0) is 0 Å². The van der Waals surface area contributed by atoms with Gasteiger partial charge >= 0.3 is 0 Å². The zero-order chi connectivity index (χ0) is 13.8. The Morgan fingerprint density at radius 1 is 1.00 bits per heavy atom. The number of aromatic nitrogens is 1. The summed E-state index contributed by atoms with van der Waals surface area (Å²) >= 11 is 0. The first-order valence-corrected chi connectivity index (χ1v) is 6.73. The van der Waals surface area contributed by atoms with Gasteiger partial charge in [0.05, 0.1) is 11.6 Å². The molecule has 0 amide bonds. The highest BCUT2D eigenvalue weighted by atomic mass is 14.9. The average molecular weight is 263 g/mol. The molecule has 0 saturated heterocycles. The van der Waals surface area contributed by atoms with Crippen LogP contribution in [0.1, 0.15) is 11.6 Å². The Hall–Kier alpha value is -2.39. The molecule has 3 heteroatoms. The van der Waals surface area contributed by atoms with Crippen LogP contribution in [0.15, 0.2) is 66.9 Å². The summed E-state index contributed by atoms with van der Waals surface area (Å²) in [6.07, 6.45) is 1.81. The van der Waals surface area contributed by atoms with Crippen molar-refractivity contribution >= 4 is 16.6 Å². The molecule has 100 valence electrons. The van der Waals surface area contributed by atoms with Gasteiger partial charge in [0.25, 0.3) is 0 Å². The number of benzene rings is 2. The number of hydrogen-bond acceptors (Lipinski definition) is 3. The highest BCUT2D eigenvalue weighted by Gasteiger charge is 2.10. The van der Waals surface area contributed by atoms with Gasteiger partial charge in [-0.05, 0) is 35.9 Å². The smallest absolute Gasteiger partial charge is 0.0702 e. The summed E-state index contributed by atoms with van der Waals surface area (Å²) in [5.41, 5.74) is 9.18. The van der Waals surface area contributed by atoms with Crippen molar-refractivity contribution in [2.24, 2.45) is 5.73 Å². The third-order valence-electron chi connectivity index (χ3n) is 3.38. The van der Waals surface area contributed by atoms with Crippen molar-refractivity contribution in [1.29, 1.82) is 0 Å². The van der Waals surface area contributed by atoms with Crippen molar-refractivity contribution in [3.63, 3.8) is 0 Å². The van der Waals surface area contributed by atoms with Crippen LogP contribution in [0.4, 0.5) is 5.69 Å². The van der Waals surface area contributed by atoms with Crippen LogP contribution in [0, 0.1) is 0 Å². The SMILES string of the molecule is NCC(Nc1ccccc1)c1ccc2ncccc2c1. The number of nitrogens with zero attached hydrogens (tertiary/aromatic N) is 1. The van der Waals surface area contributed by atoms with E-state index < -0.39 is 0 Å². The van der Waals surface area contributed by atoms with Crippen molar-refractivity contribution in [3.05, 3.63) is 72.4 Å². The third-order valence-corrected chi connectivity index (χ3v) is 3.38. The molecule has 0 aliphatic heterocycles. The van der Waals surface area contributed by atoms with Crippen LogP contribution in [0.3, 0.4) is 0 Å². The average Bonchev–Trinajstić information content (AvgIpc) is 2.53. The molecule has 0 spiro atoms. The lowest BCUT2D eigenvalue weighted by atomic mass is 10.0. The molecule has 20 heavy (non-hydrogen) atoms. The molecule has 0 aliphatic carbocycles. The van der Waals surface area contributed by atoms with Gasteiger partial charge in [-0.1, -0.05) is 30.3 Å². The van der Waals surface area contributed by atoms with Gasteiger partial charge in [0.15, 0.2) is 0 Å². The standard InChI is InChI=1S/C17H17N3/c18-12-17(20-15-6-2-1-3-7-15)14-8-9-16-13(11-14)5-4-10-19-16/h1-11,17,20H,12,18H2. The summed E-state index contributed by atoms with van der Waals surface area (Å²) in [7, 11) is 0. The van der Waals surface area contributed by atoms with E-state index in [1.807, 2.05) is 48.7 Å². The van der Waals surface area contributed by atoms with Crippen molar-refractivity contribution in [2.45, 2.75) is 6.04 Å². The Morgan fingerprint density at radius 3 is 2.65 bits per heavy atom. The molecular formula is C17H17N3. The fourth-order valence-electron chi connectivity index (χ4n) is 2.32. The van der Waals surface area contributed by atoms with Crippen LogP contribution in [0.2, 0.25) is 0 Å². The number of fused-ring (bicyclic) bond motifs is 1. The van der Waals surface area contributed by atoms with Crippen LogP contribution in [0.25, 0.3) is 10.9 Å². The number of nitrogens with two attached hydrogens (primary N) is 1. The Kier molecular flexibility index (Phi) is 3.61. The van der Waals surface area contributed by atoms with Crippen molar-refractivity contribution < 1.29 is 0 Å². The second-order valence-electron chi connectivity index (χ2n) is 4.75. The fourth-order valence-corrected chi connectivity index (χ4v) is 2.32. The minimum absolute atomic E-state index is 0.0991. The Morgan fingerprint density at radius 2 is 1.85 bits per heavy atom. The number of para-hydroxylation sites is 1. The molecule has 3 aromatic rings. The van der Waals surface area contributed by atoms with Gasteiger partial charge in [0, 0.05) is 23.8 Å². The van der Waals surface area contributed by atoms with E-state index in [1.54, 1.807) is 0 Å². The molecule has 3 rings (SSSR count). The molecule has 0 aliphatic rings. The first-order valence-electron chi connectivity index (χ1n) is 6.73. The maximum absolute atomic E-state index is 5.92. The van der Waals surface area contributed by atoms with E-state index in [2.05, 4.69) is 28.5 Å². The Labute approximate surface area is 118 Å². The minimum Gasteiger partial charge on any atom is -0.377 e. The normalized spacial score (nSPS) is 12.2. The van der Waals surface area contributed by atoms with Gasteiger partial charge in [-0.25, -0.2) is 0 Å². The number of hydrogen-bond donors (Lipinski definition) is 2. The maximum atomic E-state index is 5.92. The number of anilines is 1. The first-order chi connectivity index (χ1) is 9.86. The molecule has 0 fully saturated rings. The quantitative estimate of drug-likeness (QED) is 0.759. The van der Waals surface area contributed by atoms with Gasteiger partial charge in [0.1, 0.15) is 0 Å². The summed E-state index contributed by atoms with van der Waals surface area (Å²) in [4.78, 5) is 4.34. The van der Waals surface area contributed by atoms with E-state index in [-0.39, 0.29) is 6.04 Å². The largest absolute Gasteiger partial charge is 0.377 e. The molecule has 0 radical (unpaired) electrons. The number of nitrogens with one attached hydrogen (secondary N) is 1. The third kappa shape index (κ3) is 2.63. The van der Waals surface area contributed by atoms with Gasteiger partial charge in [-0.2, -0.15) is 0 Å². The summed E-state index contributed by atoms with van der Waals surface area (Å²) in [5, 5.41) is 4.60. The number of pyridine rings is 1. The van der Waals surface area contributed by atoms with Crippen molar-refractivity contribution in [2.75, 3.05) is 11.9 Å². The van der Waals surface area contributed by atoms with E-state index >= 15 is 0 Å². The highest BCUT2D eigenvalue weighted by Crippen LogP contribution is 2.22. The highest BCUT2D eigenvalue weighted by molar-refractivity contribution is 5.79. The topological polar surface area (TPSA) is 50.9 Å². The molecule has 0 bridgehead atoms. The summed E-state index contributed by atoms with van der Waals surface area (Å²) < 4.78 is 0. The zero-order valence-electron chi connectivity index (χ0n) is 11.2. The number of rotatable bonds is 4. The second kappa shape index (κ2) is 5.72. The summed E-state index contributed by atoms with van der Waals surface area (Å²) in [6, 6.07) is 20.5. The lowest BCUT2D eigenvalue weighted by molar-refractivity contribution is 0.791. The zero-order valence-corrected chi connectivity index (χ0v) is 11.2. The van der Waals surface area contributed by atoms with E-state index in [9.17, 15) is 0 Å². The molecular weight excluding hydrogens is 246 g/mol. The lowest BCUT2D eigenvalue weighted by Crippen LogP contribution is -2.20. The molecule has 0 saturated carbocycles. The monoisotopic (exact) mass is 263 g/mol. The fraction of sp³-hybridized carbons (Fsp3) is 0.118. The minimum atomic E-state index is 0.0991. The van der Waals surface area contributed by atoms with E-state index in [1.165, 1.54) is 5.56 Å². The predicted octanol–water partition coefficient (Wildman–Crippen LogP) is 3.35. The molecule has 1 aromatic heterocycles. The van der Waals surface area contributed by atoms with Gasteiger partial charge in [0.2, 0.25) is 0 Å². The van der Waals surface area contributed by atoms with Crippen molar-refractivity contribution in [3.8, 4) is 0 Å². The van der Waals surface area contributed by atoms with Crippen LogP contribution < -0.4 is 11.1 Å². The molecule has 3 nitrogen and oxygen atoms in total. The van der Waals surface area contributed by atoms with Gasteiger partial charge < -0.3 is 11.1 Å². The molecule has 3 N–H and O–H groups in total. The summed E-state index contributed by atoms with van der Waals surface area (Å²) in [5.74, 6) is 0. The van der Waals surface area contributed by atoms with E-state index in [0.717, 1.165) is 16.6 Å². The van der Waals surface area contributed by atoms with Gasteiger partial charge in [-0.3, -0.25) is 4.98 Å². The predicted molar refractivity (Wildman–Crippen MR) is 83.6 cm³/mol. The molecule has 1 unspecified atom stereocenters. The van der Waals surface area contributed by atoms with E-state index in [4.69, 9.17) is 5.73 Å². The maximum Gasteiger partial charge on any atom is 0.0702 e. The van der Waals surface area contributed by atoms with Gasteiger partial charge in [-0.15, -0.1) is 0 Å². The molecule has 1 heterocycles. The Balaban J connectivity index is 1.91.